The molecule has 0 spiro atoms. The SMILES string of the molecule is CC(=O)CC(CC(=O)O)C(=O)NC(CC(=O)O)C(=O)CC(CC(=O)O)C(O)NC(CC(=O)O)C(=O)CCCOCCOCC(=O)NCCCCC(NC(=O)COCCOCCCC(=O)C(CC(=O)O)NC(O)C(CC(=O)O)CC(=O)C(CC(=O)O)NC(=O)C(CC(C)=O)CC(=O)O)C(=O)NCCCCCCCCCCC(=O)NC(CCN=[N+]=[N-])C(O)O. The Morgan fingerprint density at radius 2 is 0.713 bits per heavy atom. The van der Waals surface area contributed by atoms with Crippen LogP contribution < -0.4 is 42.5 Å². The van der Waals surface area contributed by atoms with Gasteiger partial charge in [0.2, 0.25) is 35.4 Å². The van der Waals surface area contributed by atoms with Gasteiger partial charge in [0.1, 0.15) is 43.3 Å². The van der Waals surface area contributed by atoms with Crippen LogP contribution in [-0.2, 0) is 115 Å². The minimum atomic E-state index is -2.09. The number of aliphatic carboxylic acids is 8. The van der Waals surface area contributed by atoms with E-state index in [0.29, 0.717) is 25.7 Å². The highest BCUT2D eigenvalue weighted by atomic mass is 16.5. The number of hydrogen-bond acceptors (Lipinski definition) is 31. The fourth-order valence-corrected chi connectivity index (χ4v) is 12.1. The van der Waals surface area contributed by atoms with Crippen LogP contribution in [0.15, 0.2) is 5.11 Å². The van der Waals surface area contributed by atoms with Crippen molar-refractivity contribution < 1.29 is 176 Å². The average molecular weight is 1750 g/mol. The van der Waals surface area contributed by atoms with E-state index in [2.05, 4.69) is 52.6 Å². The van der Waals surface area contributed by atoms with E-state index in [1.807, 2.05) is 0 Å². The topological polar surface area (TPSA) is 766 Å². The minimum absolute atomic E-state index is 0.0190. The van der Waals surface area contributed by atoms with Crippen LogP contribution in [0.2, 0.25) is 0 Å². The number of ether oxygens (including phenoxy) is 4. The highest BCUT2D eigenvalue weighted by Gasteiger charge is 2.38. The number of carboxylic acids is 8. The summed E-state index contributed by atoms with van der Waals surface area (Å²) in [6.45, 7) is 0.726. The summed E-state index contributed by atoms with van der Waals surface area (Å²) in [5.74, 6) is -28.4. The number of carbonyl (C=O) groups excluding carboxylic acids is 12. The van der Waals surface area contributed by atoms with E-state index in [9.17, 15) is 157 Å². The normalized spacial score (nSPS) is 14.1. The summed E-state index contributed by atoms with van der Waals surface area (Å²) in [7, 11) is 0. The maximum Gasteiger partial charge on any atom is 0.305 e. The van der Waals surface area contributed by atoms with Gasteiger partial charge in [0.05, 0.1) is 120 Å². The molecule has 122 heavy (non-hydrogen) atoms. The van der Waals surface area contributed by atoms with Crippen molar-refractivity contribution in [1.82, 2.24) is 42.5 Å². The number of nitrogens with zero attached hydrogens (tertiary/aromatic N) is 3. The van der Waals surface area contributed by atoms with Gasteiger partial charge in [-0.15, -0.1) is 0 Å². The first-order valence-corrected chi connectivity index (χ1v) is 39.7. The number of ketones is 6. The summed E-state index contributed by atoms with van der Waals surface area (Å²) in [5, 5.41) is 140. The highest BCUT2D eigenvalue weighted by molar-refractivity contribution is 5.97. The molecule has 0 saturated heterocycles. The number of unbranched alkanes of at least 4 members (excludes halogenated alkanes) is 8. The molecule has 20 N–H and O–H groups in total. The molecule has 690 valence electrons. The Labute approximate surface area is 700 Å². The van der Waals surface area contributed by atoms with E-state index in [4.69, 9.17) is 24.5 Å². The molecule has 6 amide bonds. The number of aliphatic hydroxyl groups excluding tert-OH is 3. The van der Waals surface area contributed by atoms with Gasteiger partial charge in [-0.2, -0.15) is 0 Å². The van der Waals surface area contributed by atoms with Gasteiger partial charge in [-0.1, -0.05) is 43.6 Å². The Hall–Kier alpha value is -10.5. The molecule has 0 aromatic carbocycles. The average Bonchev–Trinajstić information content (AvgIpc) is 0.868. The third-order valence-electron chi connectivity index (χ3n) is 18.3. The van der Waals surface area contributed by atoms with Gasteiger partial charge in [0.25, 0.3) is 0 Å². The molecule has 0 rings (SSSR count). The van der Waals surface area contributed by atoms with Crippen molar-refractivity contribution in [2.75, 3.05) is 72.5 Å². The second kappa shape index (κ2) is 65.3. The third kappa shape index (κ3) is 56.9. The van der Waals surface area contributed by atoms with Crippen LogP contribution in [-0.4, -0.2) is 307 Å². The smallest absolute Gasteiger partial charge is 0.305 e. The maximum atomic E-state index is 13.5. The largest absolute Gasteiger partial charge is 0.481 e. The highest BCUT2D eigenvalue weighted by Crippen LogP contribution is 2.22. The number of nitrogens with one attached hydrogen (secondary N) is 8. The lowest BCUT2D eigenvalue weighted by atomic mass is 9.91. The molecule has 12 unspecified atom stereocenters. The van der Waals surface area contributed by atoms with Gasteiger partial charge in [-0.25, -0.2) is 0 Å². The van der Waals surface area contributed by atoms with E-state index in [1.165, 1.54) is 0 Å². The van der Waals surface area contributed by atoms with Gasteiger partial charge in [-0.3, -0.25) is 96.9 Å². The molecule has 0 aliphatic heterocycles. The van der Waals surface area contributed by atoms with Crippen LogP contribution in [0.5, 0.6) is 0 Å². The van der Waals surface area contributed by atoms with Crippen molar-refractivity contribution in [3.8, 4) is 0 Å². The molecule has 47 nitrogen and oxygen atoms in total. The van der Waals surface area contributed by atoms with Crippen LogP contribution in [0.1, 0.15) is 200 Å². The molecule has 0 aromatic rings. The summed E-state index contributed by atoms with van der Waals surface area (Å²) < 4.78 is 21.8. The lowest BCUT2D eigenvalue weighted by Crippen LogP contribution is -2.50. The summed E-state index contributed by atoms with van der Waals surface area (Å²) in [6.07, 6.45) is -10.7. The van der Waals surface area contributed by atoms with Crippen molar-refractivity contribution in [2.45, 2.75) is 255 Å². The molecule has 47 heteroatoms. The van der Waals surface area contributed by atoms with Crippen molar-refractivity contribution in [1.29, 1.82) is 0 Å². The Bertz CT molecular complexity index is 3440. The van der Waals surface area contributed by atoms with Gasteiger partial charge < -0.3 is 122 Å². The maximum absolute atomic E-state index is 13.5. The van der Waals surface area contributed by atoms with Crippen molar-refractivity contribution >= 4 is 118 Å². The Balaban J connectivity index is 5.66. The molecule has 0 heterocycles. The molecule has 12 atom stereocenters. The van der Waals surface area contributed by atoms with Crippen LogP contribution >= 0.6 is 0 Å². The molecule has 0 bridgehead atoms. The number of amides is 6. The van der Waals surface area contributed by atoms with E-state index < -0.39 is 281 Å². The van der Waals surface area contributed by atoms with Gasteiger partial charge >= 0.3 is 47.8 Å². The van der Waals surface area contributed by atoms with E-state index >= 15 is 0 Å². The molecule has 0 aliphatic rings. The second-order valence-electron chi connectivity index (χ2n) is 28.9. The fraction of sp³-hybridized carbons (Fsp3) is 0.733. The van der Waals surface area contributed by atoms with Gasteiger partial charge in [-0.05, 0) is 70.7 Å². The number of aliphatic hydroxyl groups is 4. The summed E-state index contributed by atoms with van der Waals surface area (Å²) in [4.78, 5) is 250. The van der Waals surface area contributed by atoms with Gasteiger partial charge in [0.15, 0.2) is 29.4 Å². The number of hydrogen-bond donors (Lipinski definition) is 20. The van der Waals surface area contributed by atoms with Crippen LogP contribution in [0.3, 0.4) is 0 Å². The minimum Gasteiger partial charge on any atom is -0.481 e. The van der Waals surface area contributed by atoms with Crippen molar-refractivity contribution in [2.24, 2.45) is 28.8 Å². The zero-order chi connectivity index (χ0) is 92.2. The van der Waals surface area contributed by atoms with Crippen molar-refractivity contribution in [3.05, 3.63) is 10.4 Å². The van der Waals surface area contributed by atoms with Crippen LogP contribution in [0, 0.1) is 23.7 Å². The lowest BCUT2D eigenvalue weighted by molar-refractivity contribution is -0.145. The van der Waals surface area contributed by atoms with E-state index in [-0.39, 0.29) is 110 Å². The molecular formula is C75H119N11O36. The van der Waals surface area contributed by atoms with Crippen LogP contribution in [0.25, 0.3) is 10.4 Å². The first-order chi connectivity index (χ1) is 57.5. The zero-order valence-corrected chi connectivity index (χ0v) is 68.3. The molecular weight excluding hydrogens is 1630 g/mol. The molecule has 0 saturated carbocycles. The Morgan fingerprint density at radius 3 is 1.11 bits per heavy atom. The summed E-state index contributed by atoms with van der Waals surface area (Å²) in [5.41, 5.74) is 8.45. The fourth-order valence-electron chi connectivity index (χ4n) is 12.1. The number of Topliss-reactive ketones (excluding diaryl/α,β-unsaturated/α-hetero) is 6. The standard InChI is InChI=1S/C75H119N11O36/c1-43(87)29-45(33-62(96)97)70(112)84-53(39-68(108)109)57(91)31-47(35-64(100)101)72(114)82-51(37-66(104)105)55(89)16-13-23-119-25-27-121-41-60(94)77-20-12-10-15-49(74(116)78-21-11-8-6-4-3-5-7-9-18-59(93)81-50(75(117)118)19-22-79-86-76)80-61(95)42-122-28-26-120-24-14-17-56(90)52(38-67(106)107)83-73(115)48(36-65(102)103)32-58(92)54(40-69(110)111)85-71(113)46(30-44(2)88)34-63(98)99/h45-54,72-73,75,82-83,114-115,117-118H,3-42H2,1-2H3,(H,77,94)(H,78,116)(H,80,95)(H,81,93)(H,84,112)(H,85,113)(H,96,97)(H,98,99)(H,100,101)(H,102,103)(H,104,105)(H,106,107)(H,108,109)(H,110,111). The third-order valence-corrected chi connectivity index (χ3v) is 18.3. The molecule has 0 fully saturated rings. The van der Waals surface area contributed by atoms with Crippen molar-refractivity contribution in [3.63, 3.8) is 0 Å². The quantitative estimate of drug-likeness (QED) is 0.0106. The monoisotopic (exact) mass is 1750 g/mol. The molecule has 0 radical (unpaired) electrons. The predicted molar refractivity (Wildman–Crippen MR) is 415 cm³/mol. The first kappa shape index (κ1) is 112. The Kier molecular flexibility index (Phi) is 59.6. The van der Waals surface area contributed by atoms with Crippen LogP contribution in [0.4, 0.5) is 0 Å². The molecule has 0 aliphatic carbocycles. The lowest BCUT2D eigenvalue weighted by Gasteiger charge is -2.27. The Morgan fingerprint density at radius 1 is 0.336 bits per heavy atom. The molecule has 0 aromatic heterocycles. The predicted octanol–water partition coefficient (Wildman–Crippen LogP) is -1.69. The second-order valence-corrected chi connectivity index (χ2v) is 28.9. The van der Waals surface area contributed by atoms with E-state index in [0.717, 1.165) is 52.4 Å². The summed E-state index contributed by atoms with van der Waals surface area (Å²) in [6, 6.07) is -9.20. The summed E-state index contributed by atoms with van der Waals surface area (Å²) >= 11 is 0. The first-order valence-electron chi connectivity index (χ1n) is 39.7. The number of carboxylic acid groups (broad SMARTS) is 8. The van der Waals surface area contributed by atoms with Gasteiger partial charge in [0, 0.05) is 94.5 Å². The number of azide groups is 1. The van der Waals surface area contributed by atoms with E-state index in [1.54, 1.807) is 0 Å². The zero-order valence-electron chi connectivity index (χ0n) is 68.3. The number of rotatable bonds is 79. The number of carbonyl (C=O) groups is 20.